The van der Waals surface area contributed by atoms with Crippen LogP contribution < -0.4 is 4.74 Å². The van der Waals surface area contributed by atoms with E-state index in [9.17, 15) is 15.1 Å². The highest BCUT2D eigenvalue weighted by Crippen LogP contribution is 2.67. The highest BCUT2D eigenvalue weighted by molar-refractivity contribution is 5.90. The second kappa shape index (κ2) is 7.69. The molecule has 7 rings (SSSR count). The fourth-order valence-electron chi connectivity index (χ4n) is 8.00. The topological polar surface area (TPSA) is 78.8 Å². The van der Waals surface area contributed by atoms with Crippen molar-refractivity contribution in [2.24, 2.45) is 5.92 Å². The number of likely N-dealkylation sites (tertiary alicyclic amines) is 1. The van der Waals surface area contributed by atoms with E-state index in [0.717, 1.165) is 29.5 Å². The third-order valence-corrected chi connectivity index (χ3v) is 9.81. The second-order valence-electron chi connectivity index (χ2n) is 11.2. The molecule has 0 aromatic heterocycles. The minimum absolute atomic E-state index is 0. The Labute approximate surface area is 211 Å². The van der Waals surface area contributed by atoms with Gasteiger partial charge in [-0.05, 0) is 43.4 Å². The van der Waals surface area contributed by atoms with E-state index in [1.54, 1.807) is 6.07 Å². The zero-order valence-electron chi connectivity index (χ0n) is 19.9. The van der Waals surface area contributed by atoms with Gasteiger partial charge in [-0.3, -0.25) is 4.79 Å². The van der Waals surface area contributed by atoms with Crippen LogP contribution >= 0.6 is 12.4 Å². The maximum absolute atomic E-state index is 14.9. The lowest BCUT2D eigenvalue weighted by molar-refractivity contribution is -0.945. The molecule has 2 heterocycles. The second-order valence-corrected chi connectivity index (χ2v) is 11.2. The van der Waals surface area contributed by atoms with Gasteiger partial charge in [0.2, 0.25) is 0 Å². The first-order chi connectivity index (χ1) is 16.4. The molecule has 186 valence electrons. The van der Waals surface area contributed by atoms with Gasteiger partial charge in [0.1, 0.15) is 11.6 Å². The Morgan fingerprint density at radius 3 is 2.71 bits per heavy atom. The number of halogens is 1. The number of piperidine rings is 1. The zero-order valence-corrected chi connectivity index (χ0v) is 20.8. The molecule has 1 N–H and O–H groups in total. The van der Waals surface area contributed by atoms with E-state index in [2.05, 4.69) is 6.92 Å². The van der Waals surface area contributed by atoms with Gasteiger partial charge in [0.15, 0.2) is 23.4 Å². The SMILES string of the molecule is CC(C1CC1)[N+]1([O-])CC[C@]23c4c5ccc(O)c4O[C@H]2C(=O)CC[C@@]3(OCc2ccccc2)[C@H]1C5.Cl. The maximum atomic E-state index is 14.9. The van der Waals surface area contributed by atoms with Crippen molar-refractivity contribution < 1.29 is 24.0 Å². The number of Topliss-reactive ketones (excluding diaryl/α,β-unsaturated/α-hetero) is 1. The number of rotatable bonds is 5. The number of hydrogen-bond acceptors (Lipinski definition) is 5. The maximum Gasteiger partial charge on any atom is 0.174 e. The molecular weight excluding hydrogens is 466 g/mol. The van der Waals surface area contributed by atoms with Crippen LogP contribution in [0.2, 0.25) is 0 Å². The standard InChI is InChI=1S/C28H31NO5.ClH/c1-17(19-7-8-19)29(32)14-13-27-24-20-9-10-21(30)25(24)34-26(27)22(31)11-12-28(27,23(29)15-20)33-16-18-5-3-2-4-6-18;/h2-6,9-10,17,19,23,26,30H,7-8,11-16H2,1H3;1H/t17?,23-,26+,27+,28-,29?;/m1./s1. The van der Waals surface area contributed by atoms with Crippen LogP contribution in [0.5, 0.6) is 11.5 Å². The minimum Gasteiger partial charge on any atom is -0.632 e. The summed E-state index contributed by atoms with van der Waals surface area (Å²) < 4.78 is 13.0. The van der Waals surface area contributed by atoms with E-state index in [1.165, 1.54) is 0 Å². The van der Waals surface area contributed by atoms with E-state index >= 15 is 0 Å². The largest absolute Gasteiger partial charge is 0.632 e. The first-order valence-corrected chi connectivity index (χ1v) is 12.7. The lowest BCUT2D eigenvalue weighted by atomic mass is 9.48. The zero-order chi connectivity index (χ0) is 23.3. The number of hydrogen-bond donors (Lipinski definition) is 1. The Balaban J connectivity index is 0.00000229. The number of phenolic OH excluding ortho intramolecular Hbond substituents is 1. The van der Waals surface area contributed by atoms with Gasteiger partial charge in [-0.15, -0.1) is 12.4 Å². The van der Waals surface area contributed by atoms with Crippen LogP contribution in [0.25, 0.3) is 0 Å². The van der Waals surface area contributed by atoms with Gasteiger partial charge in [-0.1, -0.05) is 36.4 Å². The third-order valence-electron chi connectivity index (χ3n) is 9.81. The highest BCUT2D eigenvalue weighted by Gasteiger charge is 2.77. The minimum atomic E-state index is -0.809. The molecule has 2 aromatic carbocycles. The molecule has 2 unspecified atom stereocenters. The Hall–Kier alpha value is -2.12. The van der Waals surface area contributed by atoms with Gasteiger partial charge in [-0.25, -0.2) is 0 Å². The molecule has 3 fully saturated rings. The fourth-order valence-corrected chi connectivity index (χ4v) is 8.00. The van der Waals surface area contributed by atoms with Gasteiger partial charge in [0, 0.05) is 30.7 Å². The monoisotopic (exact) mass is 497 g/mol. The fraction of sp³-hybridized carbons (Fsp3) is 0.536. The van der Waals surface area contributed by atoms with Crippen molar-refractivity contribution in [3.63, 3.8) is 0 Å². The predicted molar refractivity (Wildman–Crippen MR) is 132 cm³/mol. The molecule has 2 aromatic rings. The van der Waals surface area contributed by atoms with Crippen LogP contribution in [0.15, 0.2) is 42.5 Å². The number of nitrogens with zero attached hydrogens (tertiary/aromatic N) is 1. The smallest absolute Gasteiger partial charge is 0.174 e. The molecule has 1 saturated heterocycles. The van der Waals surface area contributed by atoms with Crippen LogP contribution in [0.3, 0.4) is 0 Å². The van der Waals surface area contributed by atoms with Crippen LogP contribution in [0.4, 0.5) is 0 Å². The number of carbonyl (C=O) groups excluding carboxylic acids is 1. The van der Waals surface area contributed by atoms with E-state index < -0.39 is 17.1 Å². The summed E-state index contributed by atoms with van der Waals surface area (Å²) in [6, 6.07) is 13.4. The Morgan fingerprint density at radius 2 is 1.97 bits per heavy atom. The molecule has 5 aliphatic rings. The van der Waals surface area contributed by atoms with Gasteiger partial charge in [0.25, 0.3) is 0 Å². The van der Waals surface area contributed by atoms with Gasteiger partial charge < -0.3 is 24.4 Å². The molecule has 0 radical (unpaired) electrons. The van der Waals surface area contributed by atoms with Crippen LogP contribution in [-0.4, -0.2) is 45.9 Å². The molecule has 7 heteroatoms. The average molecular weight is 498 g/mol. The molecular formula is C28H32ClNO5. The molecule has 1 spiro atoms. The predicted octanol–water partition coefficient (Wildman–Crippen LogP) is 4.57. The van der Waals surface area contributed by atoms with Crippen LogP contribution in [0, 0.1) is 11.1 Å². The van der Waals surface area contributed by atoms with E-state index in [-0.39, 0.29) is 40.7 Å². The molecule has 35 heavy (non-hydrogen) atoms. The van der Waals surface area contributed by atoms with Crippen molar-refractivity contribution in [3.8, 4) is 11.5 Å². The van der Waals surface area contributed by atoms with E-state index in [0.29, 0.717) is 50.5 Å². The van der Waals surface area contributed by atoms with Gasteiger partial charge in [-0.2, -0.15) is 0 Å². The summed E-state index contributed by atoms with van der Waals surface area (Å²) in [5.41, 5.74) is 1.49. The molecule has 2 saturated carbocycles. The van der Waals surface area contributed by atoms with Crippen molar-refractivity contribution in [1.29, 1.82) is 0 Å². The summed E-state index contributed by atoms with van der Waals surface area (Å²) in [6.45, 7) is 2.98. The van der Waals surface area contributed by atoms with Crippen molar-refractivity contribution in [2.75, 3.05) is 6.54 Å². The Bertz CT molecular complexity index is 1190. The molecule has 6 atom stereocenters. The Morgan fingerprint density at radius 1 is 1.20 bits per heavy atom. The summed E-state index contributed by atoms with van der Waals surface area (Å²) in [5, 5.41) is 25.6. The van der Waals surface area contributed by atoms with Crippen molar-refractivity contribution in [1.82, 2.24) is 0 Å². The summed E-state index contributed by atoms with van der Waals surface area (Å²) in [6.07, 6.45) is 3.53. The number of ether oxygens (including phenoxy) is 2. The molecule has 6 nitrogen and oxygen atoms in total. The highest BCUT2D eigenvalue weighted by atomic mass is 35.5. The summed E-state index contributed by atoms with van der Waals surface area (Å²) in [7, 11) is 0. The van der Waals surface area contributed by atoms with Gasteiger partial charge >= 0.3 is 0 Å². The quantitative estimate of drug-likeness (QED) is 0.483. The van der Waals surface area contributed by atoms with Crippen LogP contribution in [-0.2, 0) is 28.0 Å². The number of carbonyl (C=O) groups is 1. The molecule has 3 aliphatic carbocycles. The number of ketones is 1. The summed E-state index contributed by atoms with van der Waals surface area (Å²) in [4.78, 5) is 13.3. The molecule has 0 amide bonds. The summed E-state index contributed by atoms with van der Waals surface area (Å²) >= 11 is 0. The normalized spacial score (nSPS) is 37.1. The number of benzene rings is 2. The van der Waals surface area contributed by atoms with E-state index in [4.69, 9.17) is 9.47 Å². The molecule has 2 bridgehead atoms. The van der Waals surface area contributed by atoms with Crippen molar-refractivity contribution >= 4 is 18.2 Å². The first kappa shape index (κ1) is 23.3. The van der Waals surface area contributed by atoms with Crippen molar-refractivity contribution in [2.45, 2.75) is 81.3 Å². The number of hydroxylamine groups is 3. The lowest BCUT2D eigenvalue weighted by Crippen LogP contribution is -2.82. The van der Waals surface area contributed by atoms with Gasteiger partial charge in [0.05, 0.1) is 24.6 Å². The molecule has 2 aliphatic heterocycles. The third kappa shape index (κ3) is 2.85. The average Bonchev–Trinajstić information content (AvgIpc) is 3.63. The first-order valence-electron chi connectivity index (χ1n) is 12.7. The number of quaternary nitrogens is 1. The van der Waals surface area contributed by atoms with E-state index in [1.807, 2.05) is 36.4 Å². The number of aromatic hydroxyl groups is 1. The number of phenols is 1. The summed E-state index contributed by atoms with van der Waals surface area (Å²) in [5.74, 6) is 1.04. The lowest BCUT2D eigenvalue weighted by Gasteiger charge is -2.69. The van der Waals surface area contributed by atoms with Crippen LogP contribution in [0.1, 0.15) is 55.7 Å². The Kier molecular flexibility index (Phi) is 5.12. The van der Waals surface area contributed by atoms with Crippen molar-refractivity contribution in [3.05, 3.63) is 64.4 Å².